The van der Waals surface area contributed by atoms with Crippen molar-refractivity contribution >= 4 is 17.3 Å². The number of rotatable bonds is 2. The summed E-state index contributed by atoms with van der Waals surface area (Å²) in [6, 6.07) is 0. The molecule has 1 aromatic rings. The summed E-state index contributed by atoms with van der Waals surface area (Å²) >= 11 is 5.61. The molecule has 0 aliphatic carbocycles. The Morgan fingerprint density at radius 2 is 2.15 bits per heavy atom. The lowest BCUT2D eigenvalue weighted by molar-refractivity contribution is 0.146. The fourth-order valence-corrected chi connectivity index (χ4v) is 1.23. The van der Waals surface area contributed by atoms with Crippen LogP contribution in [0.3, 0.4) is 0 Å². The van der Waals surface area contributed by atoms with Gasteiger partial charge in [-0.1, -0.05) is 11.6 Å². The van der Waals surface area contributed by atoms with Crippen LogP contribution in [0.1, 0.15) is 17.7 Å². The van der Waals surface area contributed by atoms with Crippen molar-refractivity contribution in [1.29, 1.82) is 0 Å². The molecule has 1 heterocycles. The van der Waals surface area contributed by atoms with Gasteiger partial charge in [-0.2, -0.15) is 0 Å². The Bertz CT molecular complexity index is 317. The topological polar surface area (TPSA) is 64.9 Å². The third-order valence-corrected chi connectivity index (χ3v) is 2.01. The fourth-order valence-electron chi connectivity index (χ4n) is 0.915. The van der Waals surface area contributed by atoms with Gasteiger partial charge in [0.1, 0.15) is 5.69 Å². The van der Waals surface area contributed by atoms with Crippen LogP contribution in [0.5, 0.6) is 0 Å². The highest BCUT2D eigenvalue weighted by Gasteiger charge is 2.17. The Morgan fingerprint density at radius 1 is 1.54 bits per heavy atom. The van der Waals surface area contributed by atoms with Crippen LogP contribution in [0.4, 0.5) is 14.5 Å². The van der Waals surface area contributed by atoms with E-state index >= 15 is 0 Å². The Morgan fingerprint density at radius 3 is 2.62 bits per heavy atom. The first-order valence-corrected chi connectivity index (χ1v) is 3.86. The zero-order valence-electron chi connectivity index (χ0n) is 6.60. The number of hydrogen-bond donors (Lipinski definition) is 2. The molecule has 0 spiro atoms. The van der Waals surface area contributed by atoms with Gasteiger partial charge in [-0.25, -0.2) is 8.78 Å². The number of nitrogen functional groups attached to an aromatic ring is 1. The molecule has 0 saturated heterocycles. The van der Waals surface area contributed by atoms with Crippen molar-refractivity contribution in [3.63, 3.8) is 0 Å². The fraction of sp³-hybridized carbons (Fsp3) is 0.286. The highest BCUT2D eigenvalue weighted by Crippen LogP contribution is 2.30. The maximum atomic E-state index is 12.2. The molecule has 4 N–H and O–H groups in total. The zero-order chi connectivity index (χ0) is 10.0. The van der Waals surface area contributed by atoms with Crippen molar-refractivity contribution in [2.24, 2.45) is 5.73 Å². The van der Waals surface area contributed by atoms with Crippen molar-refractivity contribution < 1.29 is 8.78 Å². The first kappa shape index (κ1) is 10.1. The van der Waals surface area contributed by atoms with Gasteiger partial charge in [0.05, 0.1) is 16.9 Å². The summed E-state index contributed by atoms with van der Waals surface area (Å²) in [7, 11) is 0. The minimum atomic E-state index is -2.71. The monoisotopic (exact) mass is 207 g/mol. The van der Waals surface area contributed by atoms with Gasteiger partial charge < -0.3 is 11.5 Å². The van der Waals surface area contributed by atoms with Crippen LogP contribution >= 0.6 is 11.6 Å². The average Bonchev–Trinajstić information content (AvgIpc) is 2.04. The lowest BCUT2D eigenvalue weighted by Crippen LogP contribution is -2.06. The average molecular weight is 208 g/mol. The standard InChI is InChI=1S/C7H8ClF2N3/c8-5-3(1-11)4(12)2-13-6(5)7(9)10/h2,7H,1,11-12H2. The Balaban J connectivity index is 3.27. The van der Waals surface area contributed by atoms with E-state index in [-0.39, 0.29) is 17.3 Å². The summed E-state index contributed by atoms with van der Waals surface area (Å²) in [6.07, 6.45) is -1.58. The molecule has 0 aliphatic heterocycles. The van der Waals surface area contributed by atoms with E-state index in [4.69, 9.17) is 23.1 Å². The SMILES string of the molecule is NCc1c(N)cnc(C(F)F)c1Cl. The Labute approximate surface area is 78.7 Å². The van der Waals surface area contributed by atoms with Crippen LogP contribution in [0.2, 0.25) is 5.02 Å². The molecule has 0 bridgehead atoms. The van der Waals surface area contributed by atoms with Crippen molar-refractivity contribution in [3.05, 3.63) is 22.5 Å². The van der Waals surface area contributed by atoms with Crippen LogP contribution in [0, 0.1) is 0 Å². The lowest BCUT2D eigenvalue weighted by atomic mass is 10.2. The summed E-state index contributed by atoms with van der Waals surface area (Å²) in [4.78, 5) is 3.42. The molecular formula is C7H8ClF2N3. The van der Waals surface area contributed by atoms with E-state index < -0.39 is 12.1 Å². The molecule has 6 heteroatoms. The van der Waals surface area contributed by atoms with E-state index in [2.05, 4.69) is 4.98 Å². The van der Waals surface area contributed by atoms with Crippen LogP contribution < -0.4 is 11.5 Å². The zero-order valence-corrected chi connectivity index (χ0v) is 7.35. The molecular weight excluding hydrogens is 200 g/mol. The predicted octanol–water partition coefficient (Wildman–Crippen LogP) is 1.71. The highest BCUT2D eigenvalue weighted by atomic mass is 35.5. The summed E-state index contributed by atoms with van der Waals surface area (Å²) in [6.45, 7) is 0.0207. The molecule has 0 unspecified atom stereocenters. The van der Waals surface area contributed by atoms with Gasteiger partial charge in [-0.05, 0) is 0 Å². The van der Waals surface area contributed by atoms with Crippen LogP contribution in [0.15, 0.2) is 6.20 Å². The second-order valence-corrected chi connectivity index (χ2v) is 2.77. The molecule has 72 valence electrons. The molecule has 0 saturated carbocycles. The van der Waals surface area contributed by atoms with Gasteiger partial charge in [-0.15, -0.1) is 0 Å². The molecule has 13 heavy (non-hydrogen) atoms. The molecule has 0 amide bonds. The summed E-state index contributed by atoms with van der Waals surface area (Å²) in [5, 5.41) is -0.141. The first-order valence-electron chi connectivity index (χ1n) is 3.49. The van der Waals surface area contributed by atoms with Gasteiger partial charge >= 0.3 is 0 Å². The third kappa shape index (κ3) is 1.87. The van der Waals surface area contributed by atoms with E-state index in [1.165, 1.54) is 0 Å². The second-order valence-electron chi connectivity index (χ2n) is 2.40. The lowest BCUT2D eigenvalue weighted by Gasteiger charge is -2.08. The normalized spacial score (nSPS) is 10.8. The number of hydrogen-bond acceptors (Lipinski definition) is 3. The quantitative estimate of drug-likeness (QED) is 0.776. The molecule has 0 aliphatic rings. The van der Waals surface area contributed by atoms with Crippen molar-refractivity contribution in [2.45, 2.75) is 13.0 Å². The Hall–Kier alpha value is -0.940. The number of pyridine rings is 1. The predicted molar refractivity (Wildman–Crippen MR) is 46.5 cm³/mol. The van der Waals surface area contributed by atoms with E-state index in [0.29, 0.717) is 5.56 Å². The van der Waals surface area contributed by atoms with E-state index in [1.54, 1.807) is 0 Å². The maximum Gasteiger partial charge on any atom is 0.281 e. The van der Waals surface area contributed by atoms with Crippen LogP contribution in [0.25, 0.3) is 0 Å². The number of nitrogens with two attached hydrogens (primary N) is 2. The Kier molecular flexibility index (Phi) is 3.00. The van der Waals surface area contributed by atoms with Gasteiger partial charge in [0, 0.05) is 12.1 Å². The van der Waals surface area contributed by atoms with E-state index in [0.717, 1.165) is 6.20 Å². The summed E-state index contributed by atoms with van der Waals surface area (Å²) < 4.78 is 24.5. The van der Waals surface area contributed by atoms with Crippen molar-refractivity contribution in [2.75, 3.05) is 5.73 Å². The smallest absolute Gasteiger partial charge is 0.281 e. The highest BCUT2D eigenvalue weighted by molar-refractivity contribution is 6.32. The van der Waals surface area contributed by atoms with Gasteiger partial charge in [-0.3, -0.25) is 4.98 Å². The molecule has 0 radical (unpaired) electrons. The molecule has 1 rings (SSSR count). The van der Waals surface area contributed by atoms with Gasteiger partial charge in [0.15, 0.2) is 0 Å². The number of anilines is 1. The minimum Gasteiger partial charge on any atom is -0.397 e. The van der Waals surface area contributed by atoms with E-state index in [1.807, 2.05) is 0 Å². The van der Waals surface area contributed by atoms with Crippen molar-refractivity contribution in [1.82, 2.24) is 4.98 Å². The number of nitrogens with zero attached hydrogens (tertiary/aromatic N) is 1. The third-order valence-electron chi connectivity index (χ3n) is 1.59. The molecule has 0 fully saturated rings. The number of halogens is 3. The van der Waals surface area contributed by atoms with E-state index in [9.17, 15) is 8.78 Å². The second kappa shape index (κ2) is 3.85. The van der Waals surface area contributed by atoms with Crippen LogP contribution in [-0.2, 0) is 6.54 Å². The van der Waals surface area contributed by atoms with Gasteiger partial charge in [0.25, 0.3) is 6.43 Å². The number of aromatic nitrogens is 1. The first-order chi connectivity index (χ1) is 6.07. The molecule has 0 aromatic carbocycles. The maximum absolute atomic E-state index is 12.2. The summed E-state index contributed by atoms with van der Waals surface area (Å²) in [5.74, 6) is 0. The summed E-state index contributed by atoms with van der Waals surface area (Å²) in [5.41, 5.74) is 10.8. The molecule has 1 aromatic heterocycles. The molecule has 3 nitrogen and oxygen atoms in total. The van der Waals surface area contributed by atoms with Crippen molar-refractivity contribution in [3.8, 4) is 0 Å². The minimum absolute atomic E-state index is 0.0207. The van der Waals surface area contributed by atoms with Gasteiger partial charge in [0.2, 0.25) is 0 Å². The largest absolute Gasteiger partial charge is 0.397 e. The number of alkyl halides is 2. The molecule has 0 atom stereocenters. The van der Waals surface area contributed by atoms with Crippen LogP contribution in [-0.4, -0.2) is 4.98 Å².